The molecule has 1 aromatic heterocycles. The number of hydrogen-bond donors (Lipinski definition) is 0. The molecule has 11 heavy (non-hydrogen) atoms. The van der Waals surface area contributed by atoms with Crippen LogP contribution in [0.5, 0.6) is 0 Å². The summed E-state index contributed by atoms with van der Waals surface area (Å²) < 4.78 is 1.96. The lowest BCUT2D eigenvalue weighted by Gasteiger charge is -2.05. The molecule has 0 saturated carbocycles. The van der Waals surface area contributed by atoms with Crippen molar-refractivity contribution in [3.05, 3.63) is 11.4 Å². The molecule has 62 valence electrons. The van der Waals surface area contributed by atoms with E-state index in [9.17, 15) is 0 Å². The average Bonchev–Trinajstić information content (AvgIpc) is 2.18. The number of hydrogen-bond acceptors (Lipinski definition) is 2. The first-order chi connectivity index (χ1) is 5.11. The zero-order valence-electron chi connectivity index (χ0n) is 7.63. The predicted molar refractivity (Wildman–Crippen MR) is 44.3 cm³/mol. The molecule has 3 heteroatoms. The molecule has 0 aliphatic rings. The van der Waals surface area contributed by atoms with Gasteiger partial charge in [-0.1, -0.05) is 19.1 Å². The van der Waals surface area contributed by atoms with Gasteiger partial charge in [0.05, 0.1) is 11.4 Å². The molecule has 0 atom stereocenters. The molecule has 1 aromatic rings. The Labute approximate surface area is 67.4 Å². The van der Waals surface area contributed by atoms with Gasteiger partial charge in [0, 0.05) is 6.54 Å². The van der Waals surface area contributed by atoms with Crippen molar-refractivity contribution in [2.75, 3.05) is 0 Å². The predicted octanol–water partition coefficient (Wildman–Crippen LogP) is 1.55. The third kappa shape index (κ3) is 1.79. The second-order valence-corrected chi connectivity index (χ2v) is 3.34. The second kappa shape index (κ2) is 3.03. The van der Waals surface area contributed by atoms with Gasteiger partial charge in [0.2, 0.25) is 0 Å². The molecule has 0 radical (unpaired) electrons. The lowest BCUT2D eigenvalue weighted by atomic mass is 10.2. The monoisotopic (exact) mass is 153 g/mol. The first kappa shape index (κ1) is 8.24. The van der Waals surface area contributed by atoms with E-state index < -0.39 is 0 Å². The van der Waals surface area contributed by atoms with Crippen LogP contribution in [-0.2, 0) is 6.54 Å². The highest BCUT2D eigenvalue weighted by molar-refractivity contribution is 5.04. The molecule has 0 amide bonds. The first-order valence-corrected chi connectivity index (χ1v) is 3.98. The van der Waals surface area contributed by atoms with Gasteiger partial charge in [0.1, 0.15) is 0 Å². The van der Waals surface area contributed by atoms with Crippen LogP contribution in [0.4, 0.5) is 0 Å². The van der Waals surface area contributed by atoms with Crippen molar-refractivity contribution in [3.8, 4) is 0 Å². The van der Waals surface area contributed by atoms with Crippen LogP contribution in [0.25, 0.3) is 0 Å². The van der Waals surface area contributed by atoms with E-state index in [1.54, 1.807) is 0 Å². The SMILES string of the molecule is Cc1nnn(CC(C)C)c1C. The van der Waals surface area contributed by atoms with Gasteiger partial charge < -0.3 is 0 Å². The molecule has 1 heterocycles. The Morgan fingerprint density at radius 3 is 2.36 bits per heavy atom. The average molecular weight is 153 g/mol. The van der Waals surface area contributed by atoms with E-state index in [0.717, 1.165) is 12.2 Å². The Bertz CT molecular complexity index is 237. The minimum atomic E-state index is 0.634. The number of aryl methyl sites for hydroxylation is 1. The van der Waals surface area contributed by atoms with Gasteiger partial charge in [-0.05, 0) is 19.8 Å². The van der Waals surface area contributed by atoms with Crippen LogP contribution >= 0.6 is 0 Å². The van der Waals surface area contributed by atoms with Crippen molar-refractivity contribution >= 4 is 0 Å². The summed E-state index contributed by atoms with van der Waals surface area (Å²) in [6, 6.07) is 0. The second-order valence-electron chi connectivity index (χ2n) is 3.34. The number of aromatic nitrogens is 3. The Kier molecular flexibility index (Phi) is 2.27. The summed E-state index contributed by atoms with van der Waals surface area (Å²) in [5, 5.41) is 8.00. The molecule has 0 aliphatic heterocycles. The smallest absolute Gasteiger partial charge is 0.0825 e. The third-order valence-corrected chi connectivity index (χ3v) is 1.75. The highest BCUT2D eigenvalue weighted by Crippen LogP contribution is 2.04. The summed E-state index contributed by atoms with van der Waals surface area (Å²) in [4.78, 5) is 0. The molecule has 0 unspecified atom stereocenters. The molecule has 0 N–H and O–H groups in total. The van der Waals surface area contributed by atoms with Crippen LogP contribution in [0.15, 0.2) is 0 Å². The number of nitrogens with zero attached hydrogens (tertiary/aromatic N) is 3. The maximum absolute atomic E-state index is 4.02. The molecule has 0 fully saturated rings. The molecular weight excluding hydrogens is 138 g/mol. The first-order valence-electron chi connectivity index (χ1n) is 3.98. The summed E-state index contributed by atoms with van der Waals surface area (Å²) in [7, 11) is 0. The molecule has 0 aliphatic carbocycles. The van der Waals surface area contributed by atoms with E-state index in [4.69, 9.17) is 0 Å². The zero-order chi connectivity index (χ0) is 8.43. The molecule has 0 saturated heterocycles. The minimum absolute atomic E-state index is 0.634. The summed E-state index contributed by atoms with van der Waals surface area (Å²) >= 11 is 0. The topological polar surface area (TPSA) is 30.7 Å². The van der Waals surface area contributed by atoms with Crippen molar-refractivity contribution in [1.82, 2.24) is 15.0 Å². The number of rotatable bonds is 2. The van der Waals surface area contributed by atoms with Crippen molar-refractivity contribution < 1.29 is 0 Å². The molecular formula is C8H15N3. The van der Waals surface area contributed by atoms with Gasteiger partial charge in [0.15, 0.2) is 0 Å². The Morgan fingerprint density at radius 1 is 1.36 bits per heavy atom. The fraction of sp³-hybridized carbons (Fsp3) is 0.750. The van der Waals surface area contributed by atoms with Crippen molar-refractivity contribution in [1.29, 1.82) is 0 Å². The summed E-state index contributed by atoms with van der Waals surface area (Å²) in [6.07, 6.45) is 0. The van der Waals surface area contributed by atoms with E-state index in [1.807, 2.05) is 11.6 Å². The van der Waals surface area contributed by atoms with E-state index >= 15 is 0 Å². The van der Waals surface area contributed by atoms with Crippen molar-refractivity contribution in [3.63, 3.8) is 0 Å². The Balaban J connectivity index is 2.79. The van der Waals surface area contributed by atoms with E-state index in [0.29, 0.717) is 5.92 Å². The summed E-state index contributed by atoms with van der Waals surface area (Å²) in [5.41, 5.74) is 2.21. The van der Waals surface area contributed by atoms with Gasteiger partial charge in [-0.3, -0.25) is 0 Å². The maximum atomic E-state index is 4.02. The van der Waals surface area contributed by atoms with E-state index in [-0.39, 0.29) is 0 Å². The lowest BCUT2D eigenvalue weighted by Crippen LogP contribution is -2.07. The lowest BCUT2D eigenvalue weighted by molar-refractivity contribution is 0.464. The molecule has 1 rings (SSSR count). The Hall–Kier alpha value is -0.860. The summed E-state index contributed by atoms with van der Waals surface area (Å²) in [6.45, 7) is 9.36. The van der Waals surface area contributed by atoms with Gasteiger partial charge in [0.25, 0.3) is 0 Å². The Morgan fingerprint density at radius 2 is 2.00 bits per heavy atom. The van der Waals surface area contributed by atoms with Crippen molar-refractivity contribution in [2.24, 2.45) is 5.92 Å². The molecule has 0 spiro atoms. The van der Waals surface area contributed by atoms with Crippen LogP contribution in [0.3, 0.4) is 0 Å². The fourth-order valence-corrected chi connectivity index (χ4v) is 0.967. The zero-order valence-corrected chi connectivity index (χ0v) is 7.63. The maximum Gasteiger partial charge on any atom is 0.0825 e. The van der Waals surface area contributed by atoms with Gasteiger partial charge in [-0.25, -0.2) is 4.68 Å². The van der Waals surface area contributed by atoms with Gasteiger partial charge >= 0.3 is 0 Å². The highest BCUT2D eigenvalue weighted by Gasteiger charge is 2.04. The van der Waals surface area contributed by atoms with Crippen LogP contribution < -0.4 is 0 Å². The normalized spacial score (nSPS) is 11.0. The highest BCUT2D eigenvalue weighted by atomic mass is 15.4. The molecule has 0 aromatic carbocycles. The largest absolute Gasteiger partial charge is 0.249 e. The summed E-state index contributed by atoms with van der Waals surface area (Å²) in [5.74, 6) is 0.634. The van der Waals surface area contributed by atoms with Crippen molar-refractivity contribution in [2.45, 2.75) is 34.2 Å². The molecule has 0 bridgehead atoms. The molecule has 3 nitrogen and oxygen atoms in total. The van der Waals surface area contributed by atoms with Gasteiger partial charge in [-0.2, -0.15) is 0 Å². The van der Waals surface area contributed by atoms with Crippen LogP contribution in [0.1, 0.15) is 25.2 Å². The van der Waals surface area contributed by atoms with Crippen LogP contribution in [0, 0.1) is 19.8 Å². The van der Waals surface area contributed by atoms with E-state index in [1.165, 1.54) is 5.69 Å². The fourth-order valence-electron chi connectivity index (χ4n) is 0.967. The minimum Gasteiger partial charge on any atom is -0.249 e. The standard InChI is InChI=1S/C8H15N3/c1-6(2)5-11-8(4)7(3)9-10-11/h6H,5H2,1-4H3. The third-order valence-electron chi connectivity index (χ3n) is 1.75. The van der Waals surface area contributed by atoms with Crippen LogP contribution in [-0.4, -0.2) is 15.0 Å². The van der Waals surface area contributed by atoms with Gasteiger partial charge in [-0.15, -0.1) is 5.10 Å². The van der Waals surface area contributed by atoms with E-state index in [2.05, 4.69) is 31.1 Å². The van der Waals surface area contributed by atoms with Crippen LogP contribution in [0.2, 0.25) is 0 Å². The quantitative estimate of drug-likeness (QED) is 0.645.